The predicted molar refractivity (Wildman–Crippen MR) is 105 cm³/mol. The molecule has 9 heteroatoms. The number of hydrogen-bond acceptors (Lipinski definition) is 7. The van der Waals surface area contributed by atoms with E-state index < -0.39 is 5.91 Å². The summed E-state index contributed by atoms with van der Waals surface area (Å²) in [5.41, 5.74) is 6.80. The molecule has 7 nitrogen and oxygen atoms in total. The summed E-state index contributed by atoms with van der Waals surface area (Å²) in [5.74, 6) is -0.640. The van der Waals surface area contributed by atoms with E-state index in [2.05, 4.69) is 25.5 Å². The summed E-state index contributed by atoms with van der Waals surface area (Å²) in [6, 6.07) is 1.37. The highest BCUT2D eigenvalue weighted by Crippen LogP contribution is 2.23. The second-order valence-corrected chi connectivity index (χ2v) is 8.34. The zero-order chi connectivity index (χ0) is 18.7. The third-order valence-corrected chi connectivity index (χ3v) is 6.21. The van der Waals surface area contributed by atoms with Crippen LogP contribution in [0.25, 0.3) is 0 Å². The van der Waals surface area contributed by atoms with Gasteiger partial charge >= 0.3 is 0 Å². The van der Waals surface area contributed by atoms with Crippen molar-refractivity contribution in [2.75, 3.05) is 31.5 Å². The molecule has 26 heavy (non-hydrogen) atoms. The van der Waals surface area contributed by atoms with Crippen LogP contribution in [0, 0.1) is 6.92 Å². The van der Waals surface area contributed by atoms with Crippen molar-refractivity contribution in [3.8, 4) is 0 Å². The molecule has 0 unspecified atom stereocenters. The summed E-state index contributed by atoms with van der Waals surface area (Å²) in [6.07, 6.45) is 0. The first kappa shape index (κ1) is 19.0. The Morgan fingerprint density at radius 1 is 1.31 bits per heavy atom. The van der Waals surface area contributed by atoms with Crippen LogP contribution in [-0.4, -0.2) is 58.8 Å². The van der Waals surface area contributed by atoms with E-state index in [-0.39, 0.29) is 11.9 Å². The standard InChI is InChI=1S/C17H23N5O2S2/c1-11(16(24)20-17-14(15(18)23)3-8-25-17)22-6-4-21(5-7-22)9-13-10-26-12(2)19-13/h3,8,10-11H,4-7,9H2,1-2H3,(H2,18,23)(H,20,24)/t11-/m0/s1. The Hall–Kier alpha value is -1.81. The van der Waals surface area contributed by atoms with Crippen molar-refractivity contribution in [3.05, 3.63) is 33.1 Å². The number of rotatable bonds is 6. The van der Waals surface area contributed by atoms with Gasteiger partial charge in [-0.15, -0.1) is 22.7 Å². The van der Waals surface area contributed by atoms with Crippen molar-refractivity contribution >= 4 is 39.5 Å². The summed E-state index contributed by atoms with van der Waals surface area (Å²) < 4.78 is 0. The molecule has 1 aliphatic heterocycles. The van der Waals surface area contributed by atoms with Crippen LogP contribution in [0.3, 0.4) is 0 Å². The lowest BCUT2D eigenvalue weighted by molar-refractivity contribution is -0.121. The molecule has 3 N–H and O–H groups in total. The number of piperazine rings is 1. The maximum absolute atomic E-state index is 12.5. The molecule has 2 amide bonds. The number of amides is 2. The zero-order valence-corrected chi connectivity index (χ0v) is 16.5. The van der Waals surface area contributed by atoms with E-state index in [1.807, 2.05) is 13.8 Å². The Kier molecular flexibility index (Phi) is 6.02. The van der Waals surface area contributed by atoms with Crippen LogP contribution >= 0.6 is 22.7 Å². The van der Waals surface area contributed by atoms with Gasteiger partial charge in [0.05, 0.1) is 22.3 Å². The number of nitrogens with one attached hydrogen (secondary N) is 1. The molecule has 1 fully saturated rings. The van der Waals surface area contributed by atoms with E-state index in [0.717, 1.165) is 43.4 Å². The van der Waals surface area contributed by atoms with E-state index in [9.17, 15) is 9.59 Å². The average molecular weight is 394 g/mol. The maximum atomic E-state index is 12.5. The van der Waals surface area contributed by atoms with E-state index in [4.69, 9.17) is 5.73 Å². The fraction of sp³-hybridized carbons (Fsp3) is 0.471. The molecular weight excluding hydrogens is 370 g/mol. The Morgan fingerprint density at radius 3 is 2.65 bits per heavy atom. The first-order chi connectivity index (χ1) is 12.4. The largest absolute Gasteiger partial charge is 0.366 e. The fourth-order valence-corrected chi connectivity index (χ4v) is 4.40. The number of carbonyl (C=O) groups excluding carboxylic acids is 2. The van der Waals surface area contributed by atoms with Gasteiger partial charge in [0.1, 0.15) is 5.00 Å². The van der Waals surface area contributed by atoms with E-state index in [0.29, 0.717) is 10.6 Å². The second kappa shape index (κ2) is 8.26. The van der Waals surface area contributed by atoms with Gasteiger partial charge in [0.15, 0.2) is 0 Å². The van der Waals surface area contributed by atoms with Crippen LogP contribution in [0.1, 0.15) is 28.0 Å². The van der Waals surface area contributed by atoms with Gasteiger partial charge in [0, 0.05) is 38.1 Å². The van der Waals surface area contributed by atoms with Crippen LogP contribution in [0.2, 0.25) is 0 Å². The number of thiophene rings is 1. The normalized spacial score (nSPS) is 17.2. The summed E-state index contributed by atoms with van der Waals surface area (Å²) in [7, 11) is 0. The number of anilines is 1. The molecule has 140 valence electrons. The Labute approximate surface area is 160 Å². The van der Waals surface area contributed by atoms with Gasteiger partial charge < -0.3 is 11.1 Å². The molecular formula is C17H23N5O2S2. The molecule has 2 aromatic heterocycles. The van der Waals surface area contributed by atoms with E-state index in [1.165, 1.54) is 11.3 Å². The van der Waals surface area contributed by atoms with Gasteiger partial charge in [0.25, 0.3) is 5.91 Å². The average Bonchev–Trinajstić information content (AvgIpc) is 3.24. The topological polar surface area (TPSA) is 91.6 Å². The van der Waals surface area contributed by atoms with Crippen LogP contribution in [0.5, 0.6) is 0 Å². The predicted octanol–water partition coefficient (Wildman–Crippen LogP) is 1.76. The highest BCUT2D eigenvalue weighted by molar-refractivity contribution is 7.14. The van der Waals surface area contributed by atoms with Crippen LogP contribution in [0.4, 0.5) is 5.00 Å². The molecule has 1 atom stereocenters. The molecule has 3 heterocycles. The van der Waals surface area contributed by atoms with Crippen molar-refractivity contribution in [1.29, 1.82) is 0 Å². The molecule has 0 spiro atoms. The number of aryl methyl sites for hydroxylation is 1. The number of nitrogens with two attached hydrogens (primary N) is 1. The minimum Gasteiger partial charge on any atom is -0.366 e. The molecule has 1 aliphatic rings. The molecule has 0 saturated carbocycles. The smallest absolute Gasteiger partial charge is 0.251 e. The molecule has 0 radical (unpaired) electrons. The highest BCUT2D eigenvalue weighted by Gasteiger charge is 2.26. The third kappa shape index (κ3) is 4.47. The quantitative estimate of drug-likeness (QED) is 0.780. The summed E-state index contributed by atoms with van der Waals surface area (Å²) in [6.45, 7) is 8.22. The Morgan fingerprint density at radius 2 is 2.04 bits per heavy atom. The van der Waals surface area contributed by atoms with Crippen molar-refractivity contribution in [3.63, 3.8) is 0 Å². The highest BCUT2D eigenvalue weighted by atomic mass is 32.1. The SMILES string of the molecule is Cc1nc(CN2CCN([C@@H](C)C(=O)Nc3sccc3C(N)=O)CC2)cs1. The molecule has 0 aromatic carbocycles. The number of hydrogen-bond donors (Lipinski definition) is 2. The number of thiazole rings is 1. The monoisotopic (exact) mass is 393 g/mol. The van der Waals surface area contributed by atoms with Gasteiger partial charge in [-0.25, -0.2) is 4.98 Å². The summed E-state index contributed by atoms with van der Waals surface area (Å²) in [5, 5.41) is 8.30. The number of primary amides is 1. The summed E-state index contributed by atoms with van der Waals surface area (Å²) in [4.78, 5) is 33.0. The van der Waals surface area contributed by atoms with Crippen molar-refractivity contribution in [2.24, 2.45) is 5.73 Å². The first-order valence-corrected chi connectivity index (χ1v) is 10.3. The molecule has 1 saturated heterocycles. The minimum atomic E-state index is -0.528. The minimum absolute atomic E-state index is 0.112. The molecule has 0 bridgehead atoms. The maximum Gasteiger partial charge on any atom is 0.251 e. The number of nitrogens with zero attached hydrogens (tertiary/aromatic N) is 3. The van der Waals surface area contributed by atoms with Crippen molar-refractivity contribution in [2.45, 2.75) is 26.4 Å². The molecule has 2 aromatic rings. The summed E-state index contributed by atoms with van der Waals surface area (Å²) >= 11 is 2.98. The third-order valence-electron chi connectivity index (χ3n) is 4.55. The van der Waals surface area contributed by atoms with Crippen LogP contribution in [-0.2, 0) is 11.3 Å². The van der Waals surface area contributed by atoms with E-state index in [1.54, 1.807) is 22.8 Å². The lowest BCUT2D eigenvalue weighted by Crippen LogP contribution is -2.52. The van der Waals surface area contributed by atoms with Crippen molar-refractivity contribution in [1.82, 2.24) is 14.8 Å². The Balaban J connectivity index is 1.51. The van der Waals surface area contributed by atoms with Gasteiger partial charge in [0.2, 0.25) is 5.91 Å². The lowest BCUT2D eigenvalue weighted by atomic mass is 10.2. The second-order valence-electron chi connectivity index (χ2n) is 6.36. The number of aromatic nitrogens is 1. The van der Waals surface area contributed by atoms with Gasteiger partial charge in [-0.2, -0.15) is 0 Å². The van der Waals surface area contributed by atoms with E-state index >= 15 is 0 Å². The number of carbonyl (C=O) groups is 2. The zero-order valence-electron chi connectivity index (χ0n) is 14.9. The molecule has 3 rings (SSSR count). The first-order valence-electron chi connectivity index (χ1n) is 8.49. The fourth-order valence-electron chi connectivity index (χ4n) is 3.00. The van der Waals surface area contributed by atoms with Gasteiger partial charge in [-0.3, -0.25) is 19.4 Å². The van der Waals surface area contributed by atoms with Crippen LogP contribution < -0.4 is 11.1 Å². The van der Waals surface area contributed by atoms with Gasteiger partial charge in [-0.1, -0.05) is 0 Å². The molecule has 0 aliphatic carbocycles. The van der Waals surface area contributed by atoms with Crippen LogP contribution in [0.15, 0.2) is 16.8 Å². The van der Waals surface area contributed by atoms with Crippen molar-refractivity contribution < 1.29 is 9.59 Å². The van der Waals surface area contributed by atoms with Gasteiger partial charge in [-0.05, 0) is 25.3 Å². The Bertz CT molecular complexity index is 780. The lowest BCUT2D eigenvalue weighted by Gasteiger charge is -2.37.